The zero-order chi connectivity index (χ0) is 34.2. The fourth-order valence-corrected chi connectivity index (χ4v) is 8.17. The van der Waals surface area contributed by atoms with E-state index >= 15 is 0 Å². The van der Waals surface area contributed by atoms with Crippen molar-refractivity contribution in [1.82, 2.24) is 39.5 Å². The van der Waals surface area contributed by atoms with Crippen LogP contribution in [0.2, 0.25) is 5.02 Å². The van der Waals surface area contributed by atoms with Crippen LogP contribution in [0.3, 0.4) is 0 Å². The Labute approximate surface area is 291 Å². The van der Waals surface area contributed by atoms with E-state index < -0.39 is 12.2 Å². The number of piperidine rings is 1. The van der Waals surface area contributed by atoms with Crippen LogP contribution in [0.1, 0.15) is 43.4 Å². The molecule has 2 amide bonds. The van der Waals surface area contributed by atoms with Crippen LogP contribution in [-0.2, 0) is 22.4 Å². The molecular weight excluding hydrogens is 646 g/mol. The second-order valence-electron chi connectivity index (χ2n) is 13.8. The largest absolute Gasteiger partial charge is 0.436 e. The van der Waals surface area contributed by atoms with E-state index in [1.807, 2.05) is 48.2 Å². The van der Waals surface area contributed by atoms with Crippen molar-refractivity contribution >= 4 is 29.3 Å². The maximum atomic E-state index is 14.1. The summed E-state index contributed by atoms with van der Waals surface area (Å²) in [6.45, 7) is 7.50. The highest BCUT2D eigenvalue weighted by Crippen LogP contribution is 2.32. The molecule has 3 atom stereocenters. The second-order valence-corrected chi connectivity index (χ2v) is 14.2. The number of anilines is 1. The van der Waals surface area contributed by atoms with Crippen LogP contribution >= 0.6 is 11.6 Å². The molecule has 4 fully saturated rings. The number of benzene rings is 2. The summed E-state index contributed by atoms with van der Waals surface area (Å²) in [6.07, 6.45) is 1.61. The number of nitrogens with one attached hydrogen (secondary N) is 1. The van der Waals surface area contributed by atoms with Crippen LogP contribution in [0.25, 0.3) is 11.4 Å². The molecule has 2 unspecified atom stereocenters. The molecule has 4 aliphatic heterocycles. The van der Waals surface area contributed by atoms with Gasteiger partial charge in [-0.2, -0.15) is 0 Å². The van der Waals surface area contributed by atoms with Gasteiger partial charge in [-0.25, -0.2) is 24.3 Å². The Morgan fingerprint density at radius 1 is 1.00 bits per heavy atom. The number of H-pyrrole nitrogens is 1. The Kier molecular flexibility index (Phi) is 9.69. The Morgan fingerprint density at radius 3 is 2.39 bits per heavy atom. The van der Waals surface area contributed by atoms with E-state index in [2.05, 4.69) is 32.0 Å². The van der Waals surface area contributed by atoms with E-state index in [0.29, 0.717) is 74.1 Å². The van der Waals surface area contributed by atoms with E-state index in [0.717, 1.165) is 42.9 Å². The highest BCUT2D eigenvalue weighted by Gasteiger charge is 2.44. The van der Waals surface area contributed by atoms with Gasteiger partial charge >= 0.3 is 11.8 Å². The quantitative estimate of drug-likeness (QED) is 0.342. The highest BCUT2D eigenvalue weighted by molar-refractivity contribution is 6.33. The number of nitrogens with zero attached hydrogens (tertiary/aromatic N) is 7. The van der Waals surface area contributed by atoms with Crippen molar-refractivity contribution < 1.29 is 14.3 Å². The molecule has 262 valence electrons. The number of hydrazine groups is 1. The summed E-state index contributed by atoms with van der Waals surface area (Å²) < 4.78 is 7.54. The molecule has 49 heavy (non-hydrogen) atoms. The number of ether oxygens (including phenoxy) is 1. The van der Waals surface area contributed by atoms with Crippen LogP contribution in [0, 0.1) is 0 Å². The van der Waals surface area contributed by atoms with Gasteiger partial charge in [0, 0.05) is 76.4 Å². The molecule has 3 aromatic rings. The number of amides is 2. The molecule has 14 heteroatoms. The Hall–Kier alpha value is -3.91. The first kappa shape index (κ1) is 33.6. The van der Waals surface area contributed by atoms with Crippen molar-refractivity contribution in [3.05, 3.63) is 69.1 Å². The molecule has 4 aliphatic rings. The third-order valence-corrected chi connectivity index (χ3v) is 11.1. The number of piperazine rings is 2. The van der Waals surface area contributed by atoms with E-state index in [1.54, 1.807) is 11.0 Å². The lowest BCUT2D eigenvalue weighted by Crippen LogP contribution is -2.60. The van der Waals surface area contributed by atoms with E-state index in [4.69, 9.17) is 22.1 Å². The predicted octanol–water partition coefficient (Wildman–Crippen LogP) is 2.87. The standard InChI is InChI=1S/C35H46ClN9O4/c1-3-24-17-23(18-29(36)31(24)37)19-30(33(46)41-13-15-43(16-14-41)44-22-27-20-28(44)21-40(27)2)49-35(48)42-11-9-26(10-12-42)45-34(47)38-32(39-45)25-7-5-4-6-8-25/h4-8,17-18,26-28,30H,3,9-16,19-22,37H2,1-2H3,(H,38,39,47)/t27?,28?,30-/m1/s1. The molecule has 0 saturated carbocycles. The number of rotatable bonds is 8. The lowest BCUT2D eigenvalue weighted by Gasteiger charge is -2.44. The van der Waals surface area contributed by atoms with Crippen molar-refractivity contribution in [2.24, 2.45) is 0 Å². The monoisotopic (exact) mass is 691 g/mol. The van der Waals surface area contributed by atoms with E-state index in [1.165, 1.54) is 11.1 Å². The SMILES string of the molecule is CCc1cc(C[C@@H](OC(=O)N2CCC(n3nc(-c4ccccc4)[nH]c3=O)CC2)C(=O)N2CCN(N3CC4CC3CN4C)CC2)cc(Cl)c1N. The van der Waals surface area contributed by atoms with Gasteiger partial charge in [-0.3, -0.25) is 9.78 Å². The van der Waals surface area contributed by atoms with E-state index in [9.17, 15) is 14.4 Å². The molecular formula is C35H46ClN9O4. The number of nitrogens with two attached hydrogens (primary N) is 1. The van der Waals surface area contributed by atoms with Gasteiger partial charge in [-0.05, 0) is 49.9 Å². The fraction of sp³-hybridized carbons (Fsp3) is 0.543. The molecule has 5 heterocycles. The first-order valence-electron chi connectivity index (χ1n) is 17.5. The topological polar surface area (TPSA) is 136 Å². The molecule has 2 aromatic carbocycles. The Balaban J connectivity index is 1.01. The molecule has 4 saturated heterocycles. The normalized spacial score (nSPS) is 22.9. The van der Waals surface area contributed by atoms with Gasteiger partial charge in [0.25, 0.3) is 5.91 Å². The van der Waals surface area contributed by atoms with E-state index in [-0.39, 0.29) is 24.1 Å². The second kappa shape index (κ2) is 14.1. The summed E-state index contributed by atoms with van der Waals surface area (Å²) >= 11 is 6.48. The first-order chi connectivity index (χ1) is 23.7. The van der Waals surface area contributed by atoms with Crippen LogP contribution in [-0.4, -0.2) is 129 Å². The van der Waals surface area contributed by atoms with Crippen molar-refractivity contribution in [3.63, 3.8) is 0 Å². The van der Waals surface area contributed by atoms with Crippen LogP contribution in [0.15, 0.2) is 47.3 Å². The minimum Gasteiger partial charge on any atom is -0.436 e. The third-order valence-electron chi connectivity index (χ3n) is 10.8. The van der Waals surface area contributed by atoms with Crippen molar-refractivity contribution in [2.75, 3.05) is 65.1 Å². The molecule has 0 spiro atoms. The number of fused-ring (bicyclic) bond motifs is 2. The molecule has 0 aliphatic carbocycles. The van der Waals surface area contributed by atoms with Crippen molar-refractivity contribution in [3.8, 4) is 11.4 Å². The van der Waals surface area contributed by atoms with Gasteiger partial charge in [0.05, 0.1) is 16.8 Å². The summed E-state index contributed by atoms with van der Waals surface area (Å²) in [5.41, 5.74) is 8.98. The summed E-state index contributed by atoms with van der Waals surface area (Å²) in [5, 5.41) is 9.87. The minimum absolute atomic E-state index is 0.158. The van der Waals surface area contributed by atoms with Crippen molar-refractivity contribution in [1.29, 1.82) is 0 Å². The summed E-state index contributed by atoms with van der Waals surface area (Å²) in [4.78, 5) is 49.3. The smallest absolute Gasteiger partial charge is 0.410 e. The molecule has 0 radical (unpaired) electrons. The number of likely N-dealkylation sites (N-methyl/N-ethyl adjacent to an activating group) is 1. The van der Waals surface area contributed by atoms with Crippen LogP contribution < -0.4 is 11.4 Å². The highest BCUT2D eigenvalue weighted by atomic mass is 35.5. The molecule has 3 N–H and O–H groups in total. The van der Waals surface area contributed by atoms with Gasteiger partial charge in [-0.15, -0.1) is 5.10 Å². The Bertz CT molecular complexity index is 1710. The fourth-order valence-electron chi connectivity index (χ4n) is 7.91. The number of hydrogen-bond donors (Lipinski definition) is 2. The van der Waals surface area contributed by atoms with Crippen molar-refractivity contribution in [2.45, 2.75) is 63.3 Å². The number of carbonyl (C=O) groups excluding carboxylic acids is 2. The van der Waals surface area contributed by atoms with Gasteiger partial charge in [0.15, 0.2) is 11.9 Å². The molecule has 7 rings (SSSR count). The lowest BCUT2D eigenvalue weighted by atomic mass is 10.0. The average molecular weight is 692 g/mol. The average Bonchev–Trinajstić information content (AvgIpc) is 3.83. The first-order valence-corrected chi connectivity index (χ1v) is 17.8. The summed E-state index contributed by atoms with van der Waals surface area (Å²) in [5.74, 6) is 0.317. The van der Waals surface area contributed by atoms with Gasteiger partial charge in [-0.1, -0.05) is 54.9 Å². The van der Waals surface area contributed by atoms with Gasteiger partial charge < -0.3 is 25.2 Å². The van der Waals surface area contributed by atoms with Crippen LogP contribution in [0.5, 0.6) is 0 Å². The number of aromatic nitrogens is 3. The number of likely N-dealkylation sites (tertiary alicyclic amines) is 2. The number of carbonyl (C=O) groups is 2. The lowest BCUT2D eigenvalue weighted by molar-refractivity contribution is -0.148. The summed E-state index contributed by atoms with van der Waals surface area (Å²) in [7, 11) is 2.20. The molecule has 1 aromatic heterocycles. The third kappa shape index (κ3) is 6.94. The number of aromatic amines is 1. The number of halogens is 1. The number of hydrogen-bond acceptors (Lipinski definition) is 9. The maximum Gasteiger partial charge on any atom is 0.410 e. The number of aryl methyl sites for hydroxylation is 1. The van der Waals surface area contributed by atoms with Gasteiger partial charge in [0.2, 0.25) is 0 Å². The predicted molar refractivity (Wildman–Crippen MR) is 187 cm³/mol. The maximum absolute atomic E-state index is 14.1. The number of nitrogen functional groups attached to an aromatic ring is 1. The molecule has 13 nitrogen and oxygen atoms in total. The van der Waals surface area contributed by atoms with Crippen LogP contribution in [0.4, 0.5) is 10.5 Å². The summed E-state index contributed by atoms with van der Waals surface area (Å²) in [6, 6.07) is 14.2. The van der Waals surface area contributed by atoms with Gasteiger partial charge in [0.1, 0.15) is 0 Å². The Morgan fingerprint density at radius 2 is 1.73 bits per heavy atom. The zero-order valence-electron chi connectivity index (χ0n) is 28.3. The minimum atomic E-state index is -1.01. The zero-order valence-corrected chi connectivity index (χ0v) is 29.0. The molecule has 2 bridgehead atoms.